The lowest BCUT2D eigenvalue weighted by Gasteiger charge is -2.05. The van der Waals surface area contributed by atoms with E-state index < -0.39 is 5.82 Å². The van der Waals surface area contributed by atoms with E-state index in [2.05, 4.69) is 5.32 Å². The summed E-state index contributed by atoms with van der Waals surface area (Å²) in [6.07, 6.45) is 2.61. The number of aryl methyl sites for hydroxylation is 1. The van der Waals surface area contributed by atoms with Crippen LogP contribution in [0.25, 0.3) is 10.9 Å². The van der Waals surface area contributed by atoms with Gasteiger partial charge in [-0.15, -0.1) is 0 Å². The van der Waals surface area contributed by atoms with Gasteiger partial charge in [0.25, 0.3) is 5.91 Å². The van der Waals surface area contributed by atoms with E-state index in [0.29, 0.717) is 18.5 Å². The first-order chi connectivity index (χ1) is 11.0. The van der Waals surface area contributed by atoms with Crippen molar-refractivity contribution in [3.8, 4) is 5.75 Å². The van der Waals surface area contributed by atoms with Gasteiger partial charge >= 0.3 is 0 Å². The molecule has 0 bridgehead atoms. The second kappa shape index (κ2) is 6.12. The SMILES string of the molecule is Cn1cc(CCNC(=O)c2cccc(F)c2)c2cc(O)ccc21. The molecule has 0 radical (unpaired) electrons. The molecule has 5 heteroatoms. The number of aromatic hydroxyl groups is 1. The van der Waals surface area contributed by atoms with E-state index in [1.807, 2.05) is 23.9 Å². The first-order valence-electron chi connectivity index (χ1n) is 7.35. The maximum absolute atomic E-state index is 13.1. The fourth-order valence-electron chi connectivity index (χ4n) is 2.70. The topological polar surface area (TPSA) is 54.3 Å². The number of phenols is 1. The van der Waals surface area contributed by atoms with Gasteiger partial charge in [0.1, 0.15) is 11.6 Å². The third kappa shape index (κ3) is 3.18. The molecular formula is C18H17FN2O2. The van der Waals surface area contributed by atoms with E-state index in [1.165, 1.54) is 18.2 Å². The average Bonchev–Trinajstić information content (AvgIpc) is 2.83. The summed E-state index contributed by atoms with van der Waals surface area (Å²) in [5.41, 5.74) is 2.37. The molecule has 1 heterocycles. The normalized spacial score (nSPS) is 10.9. The summed E-state index contributed by atoms with van der Waals surface area (Å²) in [7, 11) is 1.94. The molecule has 2 N–H and O–H groups in total. The summed E-state index contributed by atoms with van der Waals surface area (Å²) in [5, 5.41) is 13.4. The summed E-state index contributed by atoms with van der Waals surface area (Å²) < 4.78 is 15.1. The van der Waals surface area contributed by atoms with Crippen LogP contribution >= 0.6 is 0 Å². The maximum atomic E-state index is 13.1. The summed E-state index contributed by atoms with van der Waals surface area (Å²) in [4.78, 5) is 12.0. The Bertz CT molecular complexity index is 871. The van der Waals surface area contributed by atoms with Crippen LogP contribution in [0.3, 0.4) is 0 Å². The molecule has 4 nitrogen and oxygen atoms in total. The first kappa shape index (κ1) is 15.1. The molecule has 0 spiro atoms. The number of phenolic OH excluding ortho intramolecular Hbond substituents is 1. The molecule has 0 saturated heterocycles. The molecule has 1 amide bonds. The Morgan fingerprint density at radius 3 is 2.87 bits per heavy atom. The Kier molecular flexibility index (Phi) is 4.02. The number of aromatic nitrogens is 1. The van der Waals surface area contributed by atoms with Gasteiger partial charge < -0.3 is 15.0 Å². The lowest BCUT2D eigenvalue weighted by molar-refractivity contribution is 0.0953. The highest BCUT2D eigenvalue weighted by Crippen LogP contribution is 2.25. The predicted octanol–water partition coefficient (Wildman–Crippen LogP) is 3.00. The van der Waals surface area contributed by atoms with Gasteiger partial charge in [-0.2, -0.15) is 0 Å². The van der Waals surface area contributed by atoms with Gasteiger partial charge in [-0.05, 0) is 48.4 Å². The number of halogens is 1. The Hall–Kier alpha value is -2.82. The minimum atomic E-state index is -0.429. The zero-order chi connectivity index (χ0) is 16.4. The predicted molar refractivity (Wildman–Crippen MR) is 87.0 cm³/mol. The van der Waals surface area contributed by atoms with Crippen molar-refractivity contribution in [2.24, 2.45) is 7.05 Å². The van der Waals surface area contributed by atoms with Crippen molar-refractivity contribution in [3.63, 3.8) is 0 Å². The van der Waals surface area contributed by atoms with Crippen molar-refractivity contribution in [1.29, 1.82) is 0 Å². The van der Waals surface area contributed by atoms with Gasteiger partial charge in [-0.3, -0.25) is 4.79 Å². The Labute approximate surface area is 133 Å². The lowest BCUT2D eigenvalue weighted by Crippen LogP contribution is -2.25. The molecule has 0 unspecified atom stereocenters. The van der Waals surface area contributed by atoms with Crippen LogP contribution in [0.15, 0.2) is 48.7 Å². The van der Waals surface area contributed by atoms with E-state index in [4.69, 9.17) is 0 Å². The van der Waals surface area contributed by atoms with Crippen LogP contribution < -0.4 is 5.32 Å². The molecule has 0 fully saturated rings. The molecule has 0 saturated carbocycles. The van der Waals surface area contributed by atoms with Crippen molar-refractivity contribution in [1.82, 2.24) is 9.88 Å². The monoisotopic (exact) mass is 312 g/mol. The molecule has 0 aliphatic rings. The largest absolute Gasteiger partial charge is 0.508 e. The van der Waals surface area contributed by atoms with Crippen LogP contribution in [0, 0.1) is 5.82 Å². The summed E-state index contributed by atoms with van der Waals surface area (Å²) >= 11 is 0. The molecule has 1 aromatic heterocycles. The molecule has 118 valence electrons. The number of rotatable bonds is 4. The third-order valence-electron chi connectivity index (χ3n) is 3.82. The molecule has 3 aromatic rings. The number of nitrogens with zero attached hydrogens (tertiary/aromatic N) is 1. The molecule has 23 heavy (non-hydrogen) atoms. The fourth-order valence-corrected chi connectivity index (χ4v) is 2.70. The zero-order valence-electron chi connectivity index (χ0n) is 12.7. The third-order valence-corrected chi connectivity index (χ3v) is 3.82. The molecule has 2 aromatic carbocycles. The quantitative estimate of drug-likeness (QED) is 0.778. The molecule has 0 aliphatic heterocycles. The smallest absolute Gasteiger partial charge is 0.251 e. The number of benzene rings is 2. The highest BCUT2D eigenvalue weighted by atomic mass is 19.1. The Morgan fingerprint density at radius 1 is 1.26 bits per heavy atom. The van der Waals surface area contributed by atoms with Gasteiger partial charge in [0.2, 0.25) is 0 Å². The molecular weight excluding hydrogens is 295 g/mol. The zero-order valence-corrected chi connectivity index (χ0v) is 12.7. The van der Waals surface area contributed by atoms with Gasteiger partial charge in [-0.1, -0.05) is 6.07 Å². The van der Waals surface area contributed by atoms with E-state index in [9.17, 15) is 14.3 Å². The number of fused-ring (bicyclic) bond motifs is 1. The number of hydrogen-bond donors (Lipinski definition) is 2. The van der Waals surface area contributed by atoms with Crippen molar-refractivity contribution in [2.45, 2.75) is 6.42 Å². The second-order valence-corrected chi connectivity index (χ2v) is 5.48. The van der Waals surface area contributed by atoms with Crippen molar-refractivity contribution in [2.75, 3.05) is 6.54 Å². The molecule has 0 aliphatic carbocycles. The van der Waals surface area contributed by atoms with Gasteiger partial charge in [0, 0.05) is 36.3 Å². The summed E-state index contributed by atoms with van der Waals surface area (Å²) in [6.45, 7) is 0.435. The van der Waals surface area contributed by atoms with Crippen molar-refractivity contribution in [3.05, 3.63) is 65.6 Å². The first-order valence-corrected chi connectivity index (χ1v) is 7.35. The maximum Gasteiger partial charge on any atom is 0.251 e. The van der Waals surface area contributed by atoms with Crippen LogP contribution in [0.2, 0.25) is 0 Å². The van der Waals surface area contributed by atoms with Crippen LogP contribution in [0.4, 0.5) is 4.39 Å². The lowest BCUT2D eigenvalue weighted by atomic mass is 10.1. The number of amides is 1. The highest BCUT2D eigenvalue weighted by molar-refractivity contribution is 5.94. The summed E-state index contributed by atoms with van der Waals surface area (Å²) in [5.74, 6) is -0.511. The summed E-state index contributed by atoms with van der Waals surface area (Å²) in [6, 6.07) is 10.8. The van der Waals surface area contributed by atoms with Crippen LogP contribution in [0.5, 0.6) is 5.75 Å². The Balaban J connectivity index is 1.69. The van der Waals surface area contributed by atoms with Crippen LogP contribution in [-0.4, -0.2) is 22.1 Å². The van der Waals surface area contributed by atoms with E-state index in [-0.39, 0.29) is 11.7 Å². The Morgan fingerprint density at radius 2 is 2.09 bits per heavy atom. The number of carbonyl (C=O) groups excluding carboxylic acids is 1. The average molecular weight is 312 g/mol. The minimum absolute atomic E-state index is 0.216. The van der Waals surface area contributed by atoms with Crippen molar-refractivity contribution >= 4 is 16.8 Å². The van der Waals surface area contributed by atoms with Crippen molar-refractivity contribution < 1.29 is 14.3 Å². The standard InChI is InChI=1S/C18H17FN2O2/c1-21-11-13(16-10-15(22)5-6-17(16)21)7-8-20-18(23)12-3-2-4-14(19)9-12/h2-6,9-11,22H,7-8H2,1H3,(H,20,23). The van der Waals surface area contributed by atoms with Gasteiger partial charge in [0.15, 0.2) is 0 Å². The number of carbonyl (C=O) groups is 1. The van der Waals surface area contributed by atoms with Gasteiger partial charge in [-0.25, -0.2) is 4.39 Å². The van der Waals surface area contributed by atoms with E-state index >= 15 is 0 Å². The van der Waals surface area contributed by atoms with Crippen LogP contribution in [-0.2, 0) is 13.5 Å². The number of hydrogen-bond acceptors (Lipinski definition) is 2. The molecule has 0 atom stereocenters. The minimum Gasteiger partial charge on any atom is -0.508 e. The van der Waals surface area contributed by atoms with E-state index in [1.54, 1.807) is 18.2 Å². The molecule has 3 rings (SSSR count). The van der Waals surface area contributed by atoms with E-state index in [0.717, 1.165) is 16.5 Å². The highest BCUT2D eigenvalue weighted by Gasteiger charge is 2.09. The fraction of sp³-hybridized carbons (Fsp3) is 0.167. The second-order valence-electron chi connectivity index (χ2n) is 5.48. The van der Waals surface area contributed by atoms with Gasteiger partial charge in [0.05, 0.1) is 0 Å². The number of nitrogens with one attached hydrogen (secondary N) is 1. The van der Waals surface area contributed by atoms with Crippen LogP contribution in [0.1, 0.15) is 15.9 Å².